The summed E-state index contributed by atoms with van der Waals surface area (Å²) in [5.41, 5.74) is 1.17. The average Bonchev–Trinajstić information content (AvgIpc) is 2.84. The second-order valence-corrected chi connectivity index (χ2v) is 4.86. The summed E-state index contributed by atoms with van der Waals surface area (Å²) in [6, 6.07) is 1.90. The van der Waals surface area contributed by atoms with E-state index in [0.717, 1.165) is 29.9 Å². The molecule has 0 saturated carbocycles. The maximum atomic E-state index is 4.41. The van der Waals surface area contributed by atoms with Gasteiger partial charge >= 0.3 is 0 Å². The lowest BCUT2D eigenvalue weighted by Crippen LogP contribution is -2.12. The summed E-state index contributed by atoms with van der Waals surface area (Å²) in [5.74, 6) is 1.64. The van der Waals surface area contributed by atoms with Gasteiger partial charge in [0, 0.05) is 25.9 Å². The Bertz CT molecular complexity index is 517. The smallest absolute Gasteiger partial charge is 0.191 e. The highest BCUT2D eigenvalue weighted by molar-refractivity contribution is 7.98. The van der Waals surface area contributed by atoms with Gasteiger partial charge in [0.15, 0.2) is 5.16 Å². The highest BCUT2D eigenvalue weighted by Gasteiger charge is 2.02. The second kappa shape index (κ2) is 6.42. The third-order valence-corrected chi connectivity index (χ3v) is 3.10. The van der Waals surface area contributed by atoms with Gasteiger partial charge in [0.2, 0.25) is 0 Å². The van der Waals surface area contributed by atoms with Crippen molar-refractivity contribution in [2.45, 2.75) is 18.6 Å². The minimum atomic E-state index is 0.754. The number of thioether (sulfide) groups is 1. The molecule has 0 spiro atoms. The zero-order valence-corrected chi connectivity index (χ0v) is 12.2. The summed E-state index contributed by atoms with van der Waals surface area (Å²) < 4.78 is 1.91. The van der Waals surface area contributed by atoms with E-state index in [1.165, 1.54) is 17.3 Å². The molecule has 7 heteroatoms. The third kappa shape index (κ3) is 3.85. The van der Waals surface area contributed by atoms with Crippen molar-refractivity contribution in [3.63, 3.8) is 0 Å². The molecular weight excluding hydrogens is 260 g/mol. The normalized spacial score (nSPS) is 10.5. The van der Waals surface area contributed by atoms with Crippen molar-refractivity contribution in [2.24, 2.45) is 0 Å². The van der Waals surface area contributed by atoms with E-state index >= 15 is 0 Å². The van der Waals surface area contributed by atoms with Crippen LogP contribution in [-0.2, 0) is 6.54 Å². The monoisotopic (exact) mass is 278 g/mol. The van der Waals surface area contributed by atoms with Crippen LogP contribution in [0.5, 0.6) is 0 Å². The Morgan fingerprint density at radius 1 is 1.32 bits per heavy atom. The predicted molar refractivity (Wildman–Crippen MR) is 78.8 cm³/mol. The van der Waals surface area contributed by atoms with Gasteiger partial charge in [-0.3, -0.25) is 4.68 Å². The third-order valence-electron chi connectivity index (χ3n) is 2.55. The lowest BCUT2D eigenvalue weighted by atomic mass is 10.4. The van der Waals surface area contributed by atoms with Crippen LogP contribution in [0.1, 0.15) is 5.56 Å². The van der Waals surface area contributed by atoms with Crippen LogP contribution in [0.25, 0.3) is 0 Å². The Morgan fingerprint density at radius 3 is 2.74 bits per heavy atom. The zero-order valence-electron chi connectivity index (χ0n) is 11.3. The Kier molecular flexibility index (Phi) is 4.62. The van der Waals surface area contributed by atoms with Crippen LogP contribution < -0.4 is 10.6 Å². The molecule has 2 heterocycles. The number of hydrogen-bond donors (Lipinski definition) is 2. The summed E-state index contributed by atoms with van der Waals surface area (Å²) in [6.45, 7) is 3.61. The fourth-order valence-electron chi connectivity index (χ4n) is 1.62. The highest BCUT2D eigenvalue weighted by Crippen LogP contribution is 2.16. The second-order valence-electron chi connectivity index (χ2n) is 4.08. The topological polar surface area (TPSA) is 67.7 Å². The van der Waals surface area contributed by atoms with E-state index in [2.05, 4.69) is 25.7 Å². The molecule has 0 aliphatic heterocycles. The van der Waals surface area contributed by atoms with Crippen LogP contribution in [0.2, 0.25) is 0 Å². The molecule has 102 valence electrons. The number of nitrogens with one attached hydrogen (secondary N) is 2. The molecule has 0 saturated heterocycles. The molecular formula is C12H18N6S. The van der Waals surface area contributed by atoms with Crippen molar-refractivity contribution in [3.05, 3.63) is 24.0 Å². The molecule has 19 heavy (non-hydrogen) atoms. The molecule has 0 amide bonds. The Hall–Kier alpha value is -1.76. The number of hydrogen-bond acceptors (Lipinski definition) is 6. The highest BCUT2D eigenvalue weighted by atomic mass is 32.2. The van der Waals surface area contributed by atoms with Crippen molar-refractivity contribution >= 4 is 23.4 Å². The van der Waals surface area contributed by atoms with Crippen molar-refractivity contribution in [1.29, 1.82) is 0 Å². The molecule has 2 aromatic rings. The first-order chi connectivity index (χ1) is 9.21. The molecule has 0 unspecified atom stereocenters. The summed E-state index contributed by atoms with van der Waals surface area (Å²) in [7, 11) is 1.85. The maximum Gasteiger partial charge on any atom is 0.191 e. The largest absolute Gasteiger partial charge is 0.373 e. The molecule has 2 rings (SSSR count). The van der Waals surface area contributed by atoms with Gasteiger partial charge in [-0.25, -0.2) is 9.97 Å². The van der Waals surface area contributed by atoms with Gasteiger partial charge < -0.3 is 10.6 Å². The van der Waals surface area contributed by atoms with Gasteiger partial charge in [-0.05, 0) is 18.7 Å². The number of anilines is 2. The number of rotatable bonds is 6. The minimum Gasteiger partial charge on any atom is -0.373 e. The molecule has 0 aliphatic rings. The van der Waals surface area contributed by atoms with E-state index in [1.807, 2.05) is 43.4 Å². The van der Waals surface area contributed by atoms with Crippen LogP contribution in [0.15, 0.2) is 23.6 Å². The van der Waals surface area contributed by atoms with Crippen LogP contribution in [0.4, 0.5) is 11.6 Å². The molecule has 0 fully saturated rings. The van der Waals surface area contributed by atoms with Crippen molar-refractivity contribution in [1.82, 2.24) is 19.7 Å². The van der Waals surface area contributed by atoms with Gasteiger partial charge in [-0.15, -0.1) is 0 Å². The van der Waals surface area contributed by atoms with E-state index in [0.29, 0.717) is 0 Å². The van der Waals surface area contributed by atoms with Gasteiger partial charge in [0.05, 0.1) is 12.7 Å². The number of aryl methyl sites for hydroxylation is 1. The molecule has 0 radical (unpaired) electrons. The van der Waals surface area contributed by atoms with Crippen LogP contribution in [-0.4, -0.2) is 39.6 Å². The lowest BCUT2D eigenvalue weighted by molar-refractivity contribution is 0.636. The molecule has 0 atom stereocenters. The Balaban J connectivity index is 1.95. The fourth-order valence-corrected chi connectivity index (χ4v) is 2.00. The zero-order chi connectivity index (χ0) is 13.7. The molecule has 0 aliphatic carbocycles. The summed E-state index contributed by atoms with van der Waals surface area (Å²) in [4.78, 5) is 8.73. The minimum absolute atomic E-state index is 0.754. The fraction of sp³-hybridized carbons (Fsp3) is 0.417. The maximum absolute atomic E-state index is 4.41. The molecule has 2 N–H and O–H groups in total. The van der Waals surface area contributed by atoms with Gasteiger partial charge in [-0.2, -0.15) is 5.10 Å². The first kappa shape index (κ1) is 13.7. The van der Waals surface area contributed by atoms with Crippen LogP contribution in [0, 0.1) is 6.92 Å². The molecule has 2 aromatic heterocycles. The number of aromatic nitrogens is 4. The van der Waals surface area contributed by atoms with Crippen molar-refractivity contribution in [3.8, 4) is 0 Å². The average molecular weight is 278 g/mol. The van der Waals surface area contributed by atoms with E-state index < -0.39 is 0 Å². The van der Waals surface area contributed by atoms with Crippen molar-refractivity contribution < 1.29 is 0 Å². The summed E-state index contributed by atoms with van der Waals surface area (Å²) in [5, 5.41) is 11.3. The summed E-state index contributed by atoms with van der Waals surface area (Å²) >= 11 is 1.53. The Morgan fingerprint density at radius 2 is 2.11 bits per heavy atom. The molecule has 0 aromatic carbocycles. The Labute approximate surface area is 117 Å². The first-order valence-electron chi connectivity index (χ1n) is 6.05. The van der Waals surface area contributed by atoms with Gasteiger partial charge in [0.25, 0.3) is 0 Å². The van der Waals surface area contributed by atoms with Crippen molar-refractivity contribution in [2.75, 3.05) is 30.5 Å². The van der Waals surface area contributed by atoms with E-state index in [1.54, 1.807) is 0 Å². The van der Waals surface area contributed by atoms with Gasteiger partial charge in [0.1, 0.15) is 11.6 Å². The van der Waals surface area contributed by atoms with E-state index in [4.69, 9.17) is 0 Å². The summed E-state index contributed by atoms with van der Waals surface area (Å²) in [6.07, 6.45) is 5.84. The first-order valence-corrected chi connectivity index (χ1v) is 7.27. The number of nitrogens with zero attached hydrogens (tertiary/aromatic N) is 4. The lowest BCUT2D eigenvalue weighted by Gasteiger charge is -2.08. The van der Waals surface area contributed by atoms with Crippen LogP contribution in [0.3, 0.4) is 0 Å². The SMILES string of the molecule is CNc1cc(NCCn2cc(C)cn2)nc(SC)n1. The van der Waals surface area contributed by atoms with Gasteiger partial charge in [-0.1, -0.05) is 11.8 Å². The van der Waals surface area contributed by atoms with Crippen LogP contribution >= 0.6 is 11.8 Å². The molecule has 6 nitrogen and oxygen atoms in total. The van der Waals surface area contributed by atoms with E-state index in [9.17, 15) is 0 Å². The quantitative estimate of drug-likeness (QED) is 0.621. The molecule has 0 bridgehead atoms. The predicted octanol–water partition coefficient (Wildman–Crippen LogP) is 1.86. The standard InChI is InChI=1S/C12H18N6S/c1-9-7-15-18(8-9)5-4-14-11-6-10(13-2)16-12(17-11)19-3/h6-8H,4-5H2,1-3H3,(H2,13,14,16,17). The van der Waals surface area contributed by atoms with E-state index in [-0.39, 0.29) is 0 Å².